The van der Waals surface area contributed by atoms with Crippen molar-refractivity contribution in [2.75, 3.05) is 13.1 Å². The van der Waals surface area contributed by atoms with Crippen LogP contribution in [0.5, 0.6) is 0 Å². The molecular formula is C27H34N4O3. The van der Waals surface area contributed by atoms with Gasteiger partial charge in [0, 0.05) is 43.9 Å². The summed E-state index contributed by atoms with van der Waals surface area (Å²) in [4.78, 5) is 46.3. The van der Waals surface area contributed by atoms with Gasteiger partial charge in [-0.2, -0.15) is 0 Å². The van der Waals surface area contributed by atoms with Gasteiger partial charge in [-0.1, -0.05) is 25.3 Å². The average molecular weight is 463 g/mol. The third kappa shape index (κ3) is 4.93. The maximum atomic E-state index is 13.7. The monoisotopic (exact) mass is 462 g/mol. The lowest BCUT2D eigenvalue weighted by molar-refractivity contribution is 0.0609. The van der Waals surface area contributed by atoms with Gasteiger partial charge in [0.1, 0.15) is 11.1 Å². The van der Waals surface area contributed by atoms with Gasteiger partial charge in [0.2, 0.25) is 5.43 Å². The maximum Gasteiger partial charge on any atom is 0.259 e. The van der Waals surface area contributed by atoms with E-state index in [1.165, 1.54) is 19.3 Å². The summed E-state index contributed by atoms with van der Waals surface area (Å²) in [5.74, 6) is -0.168. The summed E-state index contributed by atoms with van der Waals surface area (Å²) in [5, 5.41) is 2.99. The molecule has 34 heavy (non-hydrogen) atoms. The predicted molar refractivity (Wildman–Crippen MR) is 130 cm³/mol. The summed E-state index contributed by atoms with van der Waals surface area (Å²) in [6, 6.07) is 4.02. The van der Waals surface area contributed by atoms with E-state index >= 15 is 0 Å². The molecule has 1 atom stereocenters. The number of hydrogen-bond donors (Lipinski definition) is 1. The fourth-order valence-corrected chi connectivity index (χ4v) is 5.47. The molecule has 1 saturated heterocycles. The molecule has 180 valence electrons. The quantitative estimate of drug-likeness (QED) is 0.695. The lowest BCUT2D eigenvalue weighted by Crippen LogP contribution is -2.42. The van der Waals surface area contributed by atoms with E-state index in [4.69, 9.17) is 0 Å². The summed E-state index contributed by atoms with van der Waals surface area (Å²) in [7, 11) is 0. The molecule has 5 rings (SSSR count). The van der Waals surface area contributed by atoms with Gasteiger partial charge in [-0.25, -0.2) is 0 Å². The fourth-order valence-electron chi connectivity index (χ4n) is 5.47. The van der Waals surface area contributed by atoms with Gasteiger partial charge in [-0.05, 0) is 62.5 Å². The zero-order valence-corrected chi connectivity index (χ0v) is 19.7. The van der Waals surface area contributed by atoms with Crippen molar-refractivity contribution in [2.24, 2.45) is 5.92 Å². The van der Waals surface area contributed by atoms with Gasteiger partial charge in [-0.15, -0.1) is 0 Å². The second-order valence-electron chi connectivity index (χ2n) is 10.1. The van der Waals surface area contributed by atoms with E-state index < -0.39 is 5.43 Å². The van der Waals surface area contributed by atoms with Crippen LogP contribution in [0.2, 0.25) is 0 Å². The summed E-state index contributed by atoms with van der Waals surface area (Å²) in [6.07, 6.45) is 17.5. The van der Waals surface area contributed by atoms with Crippen LogP contribution in [0.1, 0.15) is 103 Å². The molecule has 7 heteroatoms. The van der Waals surface area contributed by atoms with Crippen LogP contribution in [0, 0.1) is 5.92 Å². The van der Waals surface area contributed by atoms with Gasteiger partial charge >= 0.3 is 0 Å². The van der Waals surface area contributed by atoms with E-state index in [0.29, 0.717) is 19.0 Å². The van der Waals surface area contributed by atoms with Gasteiger partial charge in [0.25, 0.3) is 11.8 Å². The Balaban J connectivity index is 1.42. The van der Waals surface area contributed by atoms with Crippen LogP contribution < -0.4 is 10.7 Å². The van der Waals surface area contributed by atoms with Crippen molar-refractivity contribution in [2.45, 2.75) is 76.3 Å². The third-order valence-corrected chi connectivity index (χ3v) is 7.60. The highest BCUT2D eigenvalue weighted by molar-refractivity contribution is 5.99. The van der Waals surface area contributed by atoms with Crippen molar-refractivity contribution in [3.05, 3.63) is 63.8 Å². The number of nitrogens with zero attached hydrogens (tertiary/aromatic N) is 3. The highest BCUT2D eigenvalue weighted by atomic mass is 16.2. The number of aromatic nitrogens is 2. The highest BCUT2D eigenvalue weighted by Crippen LogP contribution is 2.35. The van der Waals surface area contributed by atoms with Crippen LogP contribution in [-0.4, -0.2) is 39.4 Å². The Morgan fingerprint density at radius 1 is 0.971 bits per heavy atom. The fraction of sp³-hybridized carbons (Fsp3) is 0.556. The Morgan fingerprint density at radius 3 is 2.47 bits per heavy atom. The number of nitrogens with one attached hydrogen (secondary N) is 1. The standard InChI is InChI=1S/C27H34N4O3/c32-25-22(26(33)29-15-19-7-2-1-3-8-19)17-30(21-11-12-21)18-23(25)27(34)31-14-5-4-10-24(31)20-9-6-13-28-16-20/h6,9,13,16-19,21,24H,1-5,7-8,10-12,14-15H2,(H,29,33). The minimum atomic E-state index is -0.460. The molecule has 2 aromatic heterocycles. The molecule has 2 aromatic rings. The number of pyridine rings is 2. The van der Waals surface area contributed by atoms with Crippen LogP contribution in [0.15, 0.2) is 41.7 Å². The molecule has 3 heterocycles. The van der Waals surface area contributed by atoms with Crippen molar-refractivity contribution in [3.63, 3.8) is 0 Å². The molecule has 2 saturated carbocycles. The summed E-state index contributed by atoms with van der Waals surface area (Å²) in [6.45, 7) is 1.19. The zero-order chi connectivity index (χ0) is 23.5. The predicted octanol–water partition coefficient (Wildman–Crippen LogP) is 4.26. The largest absolute Gasteiger partial charge is 0.352 e. The molecule has 0 bridgehead atoms. The van der Waals surface area contributed by atoms with E-state index in [1.54, 1.807) is 29.7 Å². The topological polar surface area (TPSA) is 84.3 Å². The van der Waals surface area contributed by atoms with E-state index in [9.17, 15) is 14.4 Å². The number of piperidine rings is 1. The summed E-state index contributed by atoms with van der Waals surface area (Å²) in [5.41, 5.74) is 0.717. The SMILES string of the molecule is O=C(NCC1CCCCC1)c1cn(C2CC2)cc(C(=O)N2CCCCC2c2cccnc2)c1=O. The first kappa shape index (κ1) is 22.8. The first-order valence-electron chi connectivity index (χ1n) is 12.9. The molecule has 1 aliphatic heterocycles. The molecule has 7 nitrogen and oxygen atoms in total. The maximum absolute atomic E-state index is 13.7. The Bertz CT molecular complexity index is 1090. The number of rotatable bonds is 6. The number of likely N-dealkylation sites (tertiary alicyclic amines) is 1. The molecule has 2 amide bonds. The van der Waals surface area contributed by atoms with Crippen molar-refractivity contribution >= 4 is 11.8 Å². The summed E-state index contributed by atoms with van der Waals surface area (Å²) < 4.78 is 1.91. The molecular weight excluding hydrogens is 428 g/mol. The second kappa shape index (κ2) is 10.1. The van der Waals surface area contributed by atoms with Gasteiger partial charge in [0.05, 0.1) is 6.04 Å². The molecule has 0 radical (unpaired) electrons. The van der Waals surface area contributed by atoms with Gasteiger partial charge in [-0.3, -0.25) is 19.4 Å². The Kier molecular flexibility index (Phi) is 6.79. The Morgan fingerprint density at radius 2 is 1.74 bits per heavy atom. The van der Waals surface area contributed by atoms with Crippen molar-refractivity contribution in [3.8, 4) is 0 Å². The van der Waals surface area contributed by atoms with E-state index in [1.807, 2.05) is 16.7 Å². The first-order valence-corrected chi connectivity index (χ1v) is 12.9. The van der Waals surface area contributed by atoms with Crippen molar-refractivity contribution < 1.29 is 9.59 Å². The van der Waals surface area contributed by atoms with Gasteiger partial charge in [0.15, 0.2) is 0 Å². The lowest BCUT2D eigenvalue weighted by atomic mass is 9.89. The molecule has 3 fully saturated rings. The number of carbonyl (C=O) groups is 2. The summed E-state index contributed by atoms with van der Waals surface area (Å²) >= 11 is 0. The zero-order valence-electron chi connectivity index (χ0n) is 19.7. The highest BCUT2D eigenvalue weighted by Gasteiger charge is 2.33. The number of hydrogen-bond acceptors (Lipinski definition) is 4. The molecule has 1 unspecified atom stereocenters. The van der Waals surface area contributed by atoms with Gasteiger partial charge < -0.3 is 14.8 Å². The molecule has 1 N–H and O–H groups in total. The van der Waals surface area contributed by atoms with Crippen molar-refractivity contribution in [1.82, 2.24) is 19.8 Å². The molecule has 2 aliphatic carbocycles. The van der Waals surface area contributed by atoms with Crippen LogP contribution in [0.25, 0.3) is 0 Å². The minimum absolute atomic E-state index is 0.0866. The Hall–Kier alpha value is -2.96. The molecule has 0 spiro atoms. The van der Waals surface area contributed by atoms with E-state index in [0.717, 1.165) is 50.5 Å². The lowest BCUT2D eigenvalue weighted by Gasteiger charge is -2.36. The minimum Gasteiger partial charge on any atom is -0.352 e. The number of amides is 2. The first-order chi connectivity index (χ1) is 16.6. The van der Waals surface area contributed by atoms with Crippen LogP contribution in [0.4, 0.5) is 0 Å². The second-order valence-corrected chi connectivity index (χ2v) is 10.1. The van der Waals surface area contributed by atoms with Crippen LogP contribution in [-0.2, 0) is 0 Å². The molecule has 0 aromatic carbocycles. The Labute approximate surface area is 200 Å². The average Bonchev–Trinajstić information content (AvgIpc) is 3.74. The molecule has 3 aliphatic rings. The van der Waals surface area contributed by atoms with E-state index in [-0.39, 0.29) is 35.0 Å². The smallest absolute Gasteiger partial charge is 0.259 e. The van der Waals surface area contributed by atoms with E-state index in [2.05, 4.69) is 10.3 Å². The van der Waals surface area contributed by atoms with Crippen LogP contribution in [0.3, 0.4) is 0 Å². The van der Waals surface area contributed by atoms with Crippen LogP contribution >= 0.6 is 0 Å². The third-order valence-electron chi connectivity index (χ3n) is 7.60. The van der Waals surface area contributed by atoms with Crippen molar-refractivity contribution in [1.29, 1.82) is 0 Å². The number of carbonyl (C=O) groups excluding carboxylic acids is 2. The normalized spacial score (nSPS) is 21.3.